The largest absolute Gasteiger partial charge is 0.492 e. The van der Waals surface area contributed by atoms with Gasteiger partial charge in [-0.2, -0.15) is 4.31 Å². The maximum Gasteiger partial charge on any atom is 0.239 e. The number of hydrogen-bond donors (Lipinski definition) is 1. The molecule has 0 unspecified atom stereocenters. The van der Waals surface area contributed by atoms with Crippen molar-refractivity contribution in [3.63, 3.8) is 0 Å². The molecule has 0 radical (unpaired) electrons. The first kappa shape index (κ1) is 16.5. The minimum Gasteiger partial charge on any atom is -0.492 e. The van der Waals surface area contributed by atoms with E-state index in [9.17, 15) is 13.2 Å². The number of amides is 1. The standard InChI is InChI=1S/C13H20N2O4S/c1-4-19-12-9-7-6-8-11(12)14-13(16)10-15(3)20(17,18)5-2/h6-9H,4-5,10H2,1-3H3,(H,14,16). The Morgan fingerprint density at radius 2 is 1.95 bits per heavy atom. The average molecular weight is 300 g/mol. The molecule has 0 bridgehead atoms. The summed E-state index contributed by atoms with van der Waals surface area (Å²) in [6.07, 6.45) is 0. The van der Waals surface area contributed by atoms with E-state index in [1.165, 1.54) is 14.0 Å². The van der Waals surface area contributed by atoms with Crippen molar-refractivity contribution in [3.8, 4) is 5.75 Å². The molecule has 0 fully saturated rings. The number of carbonyl (C=O) groups is 1. The zero-order chi connectivity index (χ0) is 15.2. The number of benzene rings is 1. The Morgan fingerprint density at radius 1 is 1.30 bits per heavy atom. The lowest BCUT2D eigenvalue weighted by atomic mass is 10.3. The Hall–Kier alpha value is -1.60. The fourth-order valence-corrected chi connectivity index (χ4v) is 2.32. The van der Waals surface area contributed by atoms with Gasteiger partial charge in [0.2, 0.25) is 15.9 Å². The van der Waals surface area contributed by atoms with Crippen LogP contribution in [-0.4, -0.2) is 44.6 Å². The molecule has 0 atom stereocenters. The maximum atomic E-state index is 11.9. The zero-order valence-electron chi connectivity index (χ0n) is 11.9. The highest BCUT2D eigenvalue weighted by atomic mass is 32.2. The molecule has 20 heavy (non-hydrogen) atoms. The van der Waals surface area contributed by atoms with Crippen molar-refractivity contribution in [3.05, 3.63) is 24.3 Å². The second-order valence-electron chi connectivity index (χ2n) is 4.13. The molecule has 112 valence electrons. The highest BCUT2D eigenvalue weighted by Crippen LogP contribution is 2.23. The highest BCUT2D eigenvalue weighted by Gasteiger charge is 2.18. The number of carbonyl (C=O) groups excluding carboxylic acids is 1. The van der Waals surface area contributed by atoms with Crippen molar-refractivity contribution < 1.29 is 17.9 Å². The first-order valence-corrected chi connectivity index (χ1v) is 7.97. The predicted octanol–water partition coefficient (Wildman–Crippen LogP) is 1.31. The predicted molar refractivity (Wildman–Crippen MR) is 78.3 cm³/mol. The van der Waals surface area contributed by atoms with Crippen LogP contribution in [0.15, 0.2) is 24.3 Å². The molecule has 0 aliphatic heterocycles. The van der Waals surface area contributed by atoms with Gasteiger partial charge in [0.25, 0.3) is 0 Å². The molecule has 1 aromatic carbocycles. The maximum absolute atomic E-state index is 11.9. The van der Waals surface area contributed by atoms with Crippen LogP contribution in [0.5, 0.6) is 5.75 Å². The van der Waals surface area contributed by atoms with Gasteiger partial charge in [0.15, 0.2) is 0 Å². The van der Waals surface area contributed by atoms with Crippen molar-refractivity contribution >= 4 is 21.6 Å². The minimum atomic E-state index is -3.36. The molecule has 1 aromatic rings. The van der Waals surface area contributed by atoms with Crippen LogP contribution in [0.3, 0.4) is 0 Å². The smallest absolute Gasteiger partial charge is 0.239 e. The topological polar surface area (TPSA) is 75.7 Å². The van der Waals surface area contributed by atoms with Crippen LogP contribution in [0.2, 0.25) is 0 Å². The lowest BCUT2D eigenvalue weighted by Crippen LogP contribution is -2.35. The molecular formula is C13H20N2O4S. The van der Waals surface area contributed by atoms with E-state index in [1.54, 1.807) is 24.3 Å². The number of likely N-dealkylation sites (N-methyl/N-ethyl adjacent to an activating group) is 1. The van der Waals surface area contributed by atoms with Gasteiger partial charge in [-0.3, -0.25) is 4.79 Å². The van der Waals surface area contributed by atoms with Crippen LogP contribution in [0.25, 0.3) is 0 Å². The third-order valence-corrected chi connectivity index (χ3v) is 4.48. The van der Waals surface area contributed by atoms with Gasteiger partial charge in [-0.1, -0.05) is 12.1 Å². The lowest BCUT2D eigenvalue weighted by molar-refractivity contribution is -0.116. The second-order valence-corrected chi connectivity index (χ2v) is 6.50. The molecule has 0 aliphatic carbocycles. The average Bonchev–Trinajstić information content (AvgIpc) is 2.41. The Kier molecular flexibility index (Phi) is 5.97. The van der Waals surface area contributed by atoms with Gasteiger partial charge in [-0.25, -0.2) is 8.42 Å². The van der Waals surface area contributed by atoms with E-state index in [0.717, 1.165) is 4.31 Å². The fraction of sp³-hybridized carbons (Fsp3) is 0.462. The van der Waals surface area contributed by atoms with Crippen molar-refractivity contribution in [2.24, 2.45) is 0 Å². The van der Waals surface area contributed by atoms with Crippen LogP contribution < -0.4 is 10.1 Å². The van der Waals surface area contributed by atoms with Crippen LogP contribution in [-0.2, 0) is 14.8 Å². The summed E-state index contributed by atoms with van der Waals surface area (Å²) in [5, 5.41) is 2.65. The summed E-state index contributed by atoms with van der Waals surface area (Å²) in [5.74, 6) is 0.118. The van der Waals surface area contributed by atoms with Gasteiger partial charge in [-0.15, -0.1) is 0 Å². The summed E-state index contributed by atoms with van der Waals surface area (Å²) in [6, 6.07) is 7.02. The van der Waals surface area contributed by atoms with Crippen LogP contribution in [0.1, 0.15) is 13.8 Å². The van der Waals surface area contributed by atoms with Crippen LogP contribution in [0, 0.1) is 0 Å². The van der Waals surface area contributed by atoms with E-state index in [1.807, 2.05) is 6.92 Å². The van der Waals surface area contributed by atoms with Gasteiger partial charge in [0.1, 0.15) is 5.75 Å². The molecule has 7 heteroatoms. The van der Waals surface area contributed by atoms with Crippen LogP contribution in [0.4, 0.5) is 5.69 Å². The highest BCUT2D eigenvalue weighted by molar-refractivity contribution is 7.89. The Labute approximate surface area is 119 Å². The number of nitrogens with zero attached hydrogens (tertiary/aromatic N) is 1. The normalized spacial score (nSPS) is 11.4. The van der Waals surface area contributed by atoms with E-state index in [2.05, 4.69) is 5.32 Å². The monoisotopic (exact) mass is 300 g/mol. The molecular weight excluding hydrogens is 280 g/mol. The molecule has 0 saturated heterocycles. The number of nitrogens with one attached hydrogen (secondary N) is 1. The summed E-state index contributed by atoms with van der Waals surface area (Å²) < 4.78 is 29.6. The Bertz CT molecular complexity index is 557. The number of rotatable bonds is 7. The first-order chi connectivity index (χ1) is 9.40. The van der Waals surface area contributed by atoms with Gasteiger partial charge in [0, 0.05) is 7.05 Å². The summed E-state index contributed by atoms with van der Waals surface area (Å²) in [7, 11) is -1.98. The van der Waals surface area contributed by atoms with Crippen molar-refractivity contribution in [2.45, 2.75) is 13.8 Å². The number of hydrogen-bond acceptors (Lipinski definition) is 4. The number of anilines is 1. The lowest BCUT2D eigenvalue weighted by Gasteiger charge is -2.16. The van der Waals surface area contributed by atoms with E-state index >= 15 is 0 Å². The molecule has 6 nitrogen and oxygen atoms in total. The third kappa shape index (κ3) is 4.50. The third-order valence-electron chi connectivity index (χ3n) is 2.67. The summed E-state index contributed by atoms with van der Waals surface area (Å²) >= 11 is 0. The van der Waals surface area contributed by atoms with E-state index in [-0.39, 0.29) is 12.3 Å². The van der Waals surface area contributed by atoms with Crippen molar-refractivity contribution in [2.75, 3.05) is 31.3 Å². The van der Waals surface area contributed by atoms with Crippen molar-refractivity contribution in [1.29, 1.82) is 0 Å². The van der Waals surface area contributed by atoms with E-state index < -0.39 is 15.9 Å². The van der Waals surface area contributed by atoms with E-state index in [4.69, 9.17) is 4.74 Å². The fourth-order valence-electron chi connectivity index (χ4n) is 1.56. The van der Waals surface area contributed by atoms with Gasteiger partial charge in [0.05, 0.1) is 24.6 Å². The zero-order valence-corrected chi connectivity index (χ0v) is 12.7. The Balaban J connectivity index is 2.72. The quantitative estimate of drug-likeness (QED) is 0.823. The number of sulfonamides is 1. The second kappa shape index (κ2) is 7.25. The molecule has 0 spiro atoms. The summed E-state index contributed by atoms with van der Waals surface area (Å²) in [5.41, 5.74) is 0.529. The molecule has 0 saturated carbocycles. The molecule has 1 rings (SSSR count). The molecule has 1 amide bonds. The molecule has 0 aromatic heterocycles. The van der Waals surface area contributed by atoms with Gasteiger partial charge >= 0.3 is 0 Å². The van der Waals surface area contributed by atoms with Crippen molar-refractivity contribution in [1.82, 2.24) is 4.31 Å². The minimum absolute atomic E-state index is 0.0354. The molecule has 1 N–H and O–H groups in total. The SMILES string of the molecule is CCOc1ccccc1NC(=O)CN(C)S(=O)(=O)CC. The number of para-hydroxylation sites is 2. The van der Waals surface area contributed by atoms with Crippen LogP contribution >= 0.6 is 0 Å². The van der Waals surface area contributed by atoms with Gasteiger partial charge < -0.3 is 10.1 Å². The number of ether oxygens (including phenoxy) is 1. The Morgan fingerprint density at radius 3 is 2.55 bits per heavy atom. The molecule has 0 aliphatic rings. The summed E-state index contributed by atoms with van der Waals surface area (Å²) in [4.78, 5) is 11.9. The summed E-state index contributed by atoms with van der Waals surface area (Å²) in [6.45, 7) is 3.64. The molecule has 0 heterocycles. The van der Waals surface area contributed by atoms with Gasteiger partial charge in [-0.05, 0) is 26.0 Å². The van der Waals surface area contributed by atoms with E-state index in [0.29, 0.717) is 18.0 Å². The first-order valence-electron chi connectivity index (χ1n) is 6.36.